The zero-order chi connectivity index (χ0) is 17.3. The molecule has 0 fully saturated rings. The third-order valence-corrected chi connectivity index (χ3v) is 5.02. The maximum atomic E-state index is 4.36. The molecule has 122 valence electrons. The van der Waals surface area contributed by atoms with Crippen molar-refractivity contribution in [3.8, 4) is 0 Å². The molecule has 0 saturated carbocycles. The Bertz CT molecular complexity index is 922. The van der Waals surface area contributed by atoms with E-state index >= 15 is 0 Å². The smallest absolute Gasteiger partial charge is 0.0462 e. The van der Waals surface area contributed by atoms with Gasteiger partial charge in [-0.3, -0.25) is 0 Å². The van der Waals surface area contributed by atoms with Crippen molar-refractivity contribution < 1.29 is 0 Å². The number of allylic oxidation sites excluding steroid dienone is 2. The molecule has 0 spiro atoms. The van der Waals surface area contributed by atoms with Crippen molar-refractivity contribution in [3.63, 3.8) is 0 Å². The molecule has 0 saturated heterocycles. The topological polar surface area (TPSA) is 15.8 Å². The molecule has 0 atom stereocenters. The molecule has 3 rings (SSSR count). The highest BCUT2D eigenvalue weighted by atomic mass is 14.7. The first-order valence-corrected chi connectivity index (χ1v) is 8.42. The molecule has 0 aliphatic carbocycles. The van der Waals surface area contributed by atoms with E-state index in [2.05, 4.69) is 99.9 Å². The van der Waals surface area contributed by atoms with E-state index in [0.29, 0.717) is 0 Å². The van der Waals surface area contributed by atoms with Crippen LogP contribution in [0.5, 0.6) is 0 Å². The van der Waals surface area contributed by atoms with Crippen molar-refractivity contribution in [3.05, 3.63) is 89.1 Å². The molecular weight excluding hydrogens is 290 g/mol. The van der Waals surface area contributed by atoms with Crippen LogP contribution >= 0.6 is 0 Å². The number of hydrogen-bond acceptors (Lipinski definition) is 0. The number of fused-ring (bicyclic) bond motifs is 1. The standard InChI is InChI=1S/C23H25N/c1-16-10-6-8-12-21(16)23(4,5)17(2)14-15-19-18(3)24-22-13-9-7-11-20(19)22/h6-15,24H,2H2,1,3-5H3/b15-14+. The Morgan fingerprint density at radius 3 is 2.42 bits per heavy atom. The predicted molar refractivity (Wildman–Crippen MR) is 105 cm³/mol. The zero-order valence-corrected chi connectivity index (χ0v) is 15.0. The second-order valence-corrected chi connectivity index (χ2v) is 7.01. The average Bonchev–Trinajstić information content (AvgIpc) is 2.88. The molecule has 0 amide bonds. The molecule has 0 bridgehead atoms. The maximum absolute atomic E-state index is 4.36. The summed E-state index contributed by atoms with van der Waals surface area (Å²) in [5.74, 6) is 0. The van der Waals surface area contributed by atoms with Crippen LogP contribution in [0.4, 0.5) is 0 Å². The highest BCUT2D eigenvalue weighted by molar-refractivity contribution is 5.90. The minimum Gasteiger partial charge on any atom is -0.358 e. The van der Waals surface area contributed by atoms with Gasteiger partial charge in [0.25, 0.3) is 0 Å². The number of rotatable bonds is 4. The van der Waals surface area contributed by atoms with Gasteiger partial charge in [0.15, 0.2) is 0 Å². The van der Waals surface area contributed by atoms with Gasteiger partial charge in [0.1, 0.15) is 0 Å². The quantitative estimate of drug-likeness (QED) is 0.541. The van der Waals surface area contributed by atoms with Crippen LogP contribution < -0.4 is 0 Å². The SMILES string of the molecule is C=C(/C=C/c1c(C)[nH]c2ccccc12)C(C)(C)c1ccccc1C. The van der Waals surface area contributed by atoms with Crippen LogP contribution in [0.1, 0.15) is 36.2 Å². The van der Waals surface area contributed by atoms with Crippen LogP contribution in [0.15, 0.2) is 66.8 Å². The fourth-order valence-electron chi connectivity index (χ4n) is 3.35. The number of para-hydroxylation sites is 1. The van der Waals surface area contributed by atoms with Crippen LogP contribution in [-0.4, -0.2) is 4.98 Å². The number of nitrogens with one attached hydrogen (secondary N) is 1. The van der Waals surface area contributed by atoms with E-state index in [1.54, 1.807) is 0 Å². The fourth-order valence-corrected chi connectivity index (χ4v) is 3.35. The fraction of sp³-hybridized carbons (Fsp3) is 0.217. The molecule has 0 aliphatic heterocycles. The molecule has 0 unspecified atom stereocenters. The number of H-pyrrole nitrogens is 1. The van der Waals surface area contributed by atoms with E-state index in [0.717, 1.165) is 5.57 Å². The van der Waals surface area contributed by atoms with E-state index in [1.165, 1.54) is 33.3 Å². The summed E-state index contributed by atoms with van der Waals surface area (Å²) in [4.78, 5) is 3.45. The van der Waals surface area contributed by atoms with Gasteiger partial charge >= 0.3 is 0 Å². The summed E-state index contributed by atoms with van der Waals surface area (Å²) >= 11 is 0. The van der Waals surface area contributed by atoms with Crippen molar-refractivity contribution in [1.82, 2.24) is 4.98 Å². The molecule has 1 heterocycles. The van der Waals surface area contributed by atoms with E-state index in [1.807, 2.05) is 0 Å². The Morgan fingerprint density at radius 2 is 1.67 bits per heavy atom. The Kier molecular flexibility index (Phi) is 4.19. The number of aromatic nitrogens is 1. The zero-order valence-electron chi connectivity index (χ0n) is 15.0. The van der Waals surface area contributed by atoms with Gasteiger partial charge in [-0.1, -0.05) is 75.0 Å². The summed E-state index contributed by atoms with van der Waals surface area (Å²) in [7, 11) is 0. The predicted octanol–water partition coefficient (Wildman–Crippen LogP) is 6.33. The van der Waals surface area contributed by atoms with Gasteiger partial charge in [-0.15, -0.1) is 0 Å². The van der Waals surface area contributed by atoms with Gasteiger partial charge in [0, 0.05) is 27.6 Å². The van der Waals surface area contributed by atoms with E-state index in [9.17, 15) is 0 Å². The van der Waals surface area contributed by atoms with Gasteiger partial charge < -0.3 is 4.98 Å². The first-order chi connectivity index (χ1) is 11.4. The van der Waals surface area contributed by atoms with Crippen LogP contribution in [-0.2, 0) is 5.41 Å². The lowest BCUT2D eigenvalue weighted by Crippen LogP contribution is -2.19. The highest BCUT2D eigenvalue weighted by Crippen LogP contribution is 2.34. The largest absolute Gasteiger partial charge is 0.358 e. The van der Waals surface area contributed by atoms with Gasteiger partial charge in [-0.05, 0) is 36.6 Å². The molecule has 24 heavy (non-hydrogen) atoms. The van der Waals surface area contributed by atoms with Gasteiger partial charge in [-0.25, -0.2) is 0 Å². The van der Waals surface area contributed by atoms with E-state index < -0.39 is 0 Å². The summed E-state index contributed by atoms with van der Waals surface area (Å²) in [6, 6.07) is 17.0. The lowest BCUT2D eigenvalue weighted by molar-refractivity contribution is 0.637. The second-order valence-electron chi connectivity index (χ2n) is 7.01. The first-order valence-electron chi connectivity index (χ1n) is 8.42. The van der Waals surface area contributed by atoms with Crippen molar-refractivity contribution in [2.24, 2.45) is 0 Å². The Balaban J connectivity index is 1.95. The molecule has 1 heteroatoms. The summed E-state index contributed by atoms with van der Waals surface area (Å²) in [6.07, 6.45) is 4.35. The monoisotopic (exact) mass is 315 g/mol. The summed E-state index contributed by atoms with van der Waals surface area (Å²) in [6.45, 7) is 13.1. The van der Waals surface area contributed by atoms with Crippen LogP contribution in [0, 0.1) is 13.8 Å². The van der Waals surface area contributed by atoms with Crippen LogP contribution in [0.2, 0.25) is 0 Å². The van der Waals surface area contributed by atoms with Crippen LogP contribution in [0.25, 0.3) is 17.0 Å². The Hall–Kier alpha value is -2.54. The number of benzene rings is 2. The average molecular weight is 315 g/mol. The number of aromatic amines is 1. The van der Waals surface area contributed by atoms with Crippen molar-refractivity contribution >= 4 is 17.0 Å². The first kappa shape index (κ1) is 16.3. The molecule has 1 nitrogen and oxygen atoms in total. The van der Waals surface area contributed by atoms with Crippen LogP contribution in [0.3, 0.4) is 0 Å². The summed E-state index contributed by atoms with van der Waals surface area (Å²) < 4.78 is 0. The molecule has 0 radical (unpaired) electrons. The minimum absolute atomic E-state index is 0.0954. The van der Waals surface area contributed by atoms with E-state index in [4.69, 9.17) is 0 Å². The normalized spacial score (nSPS) is 12.2. The minimum atomic E-state index is -0.0954. The molecule has 2 aromatic carbocycles. The lowest BCUT2D eigenvalue weighted by Gasteiger charge is -2.28. The summed E-state index contributed by atoms with van der Waals surface area (Å²) in [5.41, 5.74) is 7.26. The Labute approximate surface area is 144 Å². The molecule has 1 N–H and O–H groups in total. The van der Waals surface area contributed by atoms with E-state index in [-0.39, 0.29) is 5.41 Å². The molecular formula is C23H25N. The Morgan fingerprint density at radius 1 is 1.00 bits per heavy atom. The summed E-state index contributed by atoms with van der Waals surface area (Å²) in [5, 5.41) is 1.26. The second kappa shape index (κ2) is 6.16. The number of hydrogen-bond donors (Lipinski definition) is 1. The molecule has 0 aliphatic rings. The van der Waals surface area contributed by atoms with Gasteiger partial charge in [0.2, 0.25) is 0 Å². The lowest BCUT2D eigenvalue weighted by atomic mass is 9.76. The molecule has 1 aromatic heterocycles. The van der Waals surface area contributed by atoms with Crippen molar-refractivity contribution in [2.75, 3.05) is 0 Å². The van der Waals surface area contributed by atoms with Gasteiger partial charge in [0.05, 0.1) is 0 Å². The maximum Gasteiger partial charge on any atom is 0.0462 e. The van der Waals surface area contributed by atoms with Gasteiger partial charge in [-0.2, -0.15) is 0 Å². The van der Waals surface area contributed by atoms with Crippen molar-refractivity contribution in [1.29, 1.82) is 0 Å². The number of aryl methyl sites for hydroxylation is 2. The third kappa shape index (κ3) is 2.82. The highest BCUT2D eigenvalue weighted by Gasteiger charge is 2.24. The third-order valence-electron chi connectivity index (χ3n) is 5.02. The molecule has 3 aromatic rings. The van der Waals surface area contributed by atoms with Crippen molar-refractivity contribution in [2.45, 2.75) is 33.1 Å².